The van der Waals surface area contributed by atoms with Gasteiger partial charge in [0.15, 0.2) is 5.78 Å². The van der Waals surface area contributed by atoms with Gasteiger partial charge in [0, 0.05) is 49.7 Å². The molecule has 0 saturated carbocycles. The molecular weight excluding hydrogens is 471 g/mol. The summed E-state index contributed by atoms with van der Waals surface area (Å²) in [6, 6.07) is 14.7. The first-order valence-corrected chi connectivity index (χ1v) is 12.5. The molecule has 2 aromatic rings. The Bertz CT molecular complexity index is 1070. The molecule has 34 heavy (non-hydrogen) atoms. The van der Waals surface area contributed by atoms with Crippen molar-refractivity contribution in [3.05, 3.63) is 75.8 Å². The van der Waals surface area contributed by atoms with Crippen molar-refractivity contribution in [1.29, 1.82) is 0 Å². The van der Waals surface area contributed by atoms with E-state index in [1.807, 2.05) is 46.2 Å². The molecule has 5 nitrogen and oxygen atoms in total. The predicted molar refractivity (Wildman–Crippen MR) is 135 cm³/mol. The molecule has 0 unspecified atom stereocenters. The first-order chi connectivity index (χ1) is 16.4. The molecule has 2 aliphatic heterocycles. The predicted octanol–water partition coefficient (Wildman–Crippen LogP) is 5.37. The molecule has 0 aromatic heterocycles. The number of ketones is 1. The second kappa shape index (κ2) is 11.2. The zero-order valence-electron chi connectivity index (χ0n) is 19.0. The van der Waals surface area contributed by atoms with Crippen molar-refractivity contribution in [3.63, 3.8) is 0 Å². The third-order valence-electron chi connectivity index (χ3n) is 6.76. The van der Waals surface area contributed by atoms with Crippen LogP contribution in [-0.2, 0) is 9.59 Å². The van der Waals surface area contributed by atoms with Gasteiger partial charge in [-0.25, -0.2) is 0 Å². The average molecular weight is 499 g/mol. The van der Waals surface area contributed by atoms with E-state index in [2.05, 4.69) is 0 Å². The van der Waals surface area contributed by atoms with E-state index in [1.54, 1.807) is 24.3 Å². The fourth-order valence-electron chi connectivity index (χ4n) is 4.69. The van der Waals surface area contributed by atoms with E-state index in [-0.39, 0.29) is 29.4 Å². The molecule has 0 bridgehead atoms. The molecule has 0 aliphatic carbocycles. The summed E-state index contributed by atoms with van der Waals surface area (Å²) in [6.45, 7) is 2.33. The van der Waals surface area contributed by atoms with Gasteiger partial charge in [-0.3, -0.25) is 14.4 Å². The molecule has 2 fully saturated rings. The van der Waals surface area contributed by atoms with Gasteiger partial charge in [-0.1, -0.05) is 53.5 Å². The first kappa shape index (κ1) is 24.5. The number of piperidine rings is 2. The van der Waals surface area contributed by atoms with Crippen molar-refractivity contribution in [2.75, 3.05) is 26.2 Å². The number of benzene rings is 2. The van der Waals surface area contributed by atoms with Crippen LogP contribution in [0.3, 0.4) is 0 Å². The number of rotatable bonds is 5. The van der Waals surface area contributed by atoms with Crippen LogP contribution >= 0.6 is 23.2 Å². The lowest BCUT2D eigenvalue weighted by molar-refractivity contribution is -0.140. The highest BCUT2D eigenvalue weighted by Gasteiger charge is 2.33. The number of carbonyl (C=O) groups excluding carboxylic acids is 3. The highest BCUT2D eigenvalue weighted by Crippen LogP contribution is 2.28. The molecule has 2 saturated heterocycles. The van der Waals surface area contributed by atoms with E-state index in [0.717, 1.165) is 5.56 Å². The van der Waals surface area contributed by atoms with Gasteiger partial charge < -0.3 is 9.80 Å². The Hall–Kier alpha value is -2.63. The molecule has 0 spiro atoms. The summed E-state index contributed by atoms with van der Waals surface area (Å²) in [5.41, 5.74) is 1.56. The monoisotopic (exact) mass is 498 g/mol. The van der Waals surface area contributed by atoms with E-state index in [9.17, 15) is 14.4 Å². The highest BCUT2D eigenvalue weighted by molar-refractivity contribution is 6.42. The van der Waals surface area contributed by atoms with Crippen molar-refractivity contribution in [2.45, 2.75) is 25.7 Å². The van der Waals surface area contributed by atoms with Gasteiger partial charge in [-0.05, 0) is 55.5 Å². The van der Waals surface area contributed by atoms with E-state index < -0.39 is 0 Å². The zero-order valence-corrected chi connectivity index (χ0v) is 20.5. The lowest BCUT2D eigenvalue weighted by Gasteiger charge is -2.37. The third-order valence-corrected chi connectivity index (χ3v) is 7.49. The molecule has 7 heteroatoms. The molecule has 2 heterocycles. The number of Topliss-reactive ketones (excluding diaryl/α,β-unsaturated/α-hetero) is 1. The molecule has 178 valence electrons. The Morgan fingerprint density at radius 2 is 1.38 bits per heavy atom. The lowest BCUT2D eigenvalue weighted by atomic mass is 9.87. The van der Waals surface area contributed by atoms with Crippen LogP contribution in [0.25, 0.3) is 6.08 Å². The van der Waals surface area contributed by atoms with Crippen LogP contribution in [-0.4, -0.2) is 53.6 Å². The van der Waals surface area contributed by atoms with Crippen molar-refractivity contribution in [2.24, 2.45) is 11.8 Å². The Balaban J connectivity index is 1.24. The number of carbonyl (C=O) groups is 3. The first-order valence-electron chi connectivity index (χ1n) is 11.7. The van der Waals surface area contributed by atoms with Gasteiger partial charge >= 0.3 is 0 Å². The van der Waals surface area contributed by atoms with Crippen LogP contribution < -0.4 is 0 Å². The number of likely N-dealkylation sites (tertiary alicyclic amines) is 2. The maximum absolute atomic E-state index is 13.1. The van der Waals surface area contributed by atoms with Crippen LogP contribution in [0, 0.1) is 11.8 Å². The number of hydrogen-bond acceptors (Lipinski definition) is 3. The van der Waals surface area contributed by atoms with Crippen molar-refractivity contribution in [3.8, 4) is 0 Å². The summed E-state index contributed by atoms with van der Waals surface area (Å²) in [4.78, 5) is 42.1. The minimum atomic E-state index is -0.114. The molecule has 0 radical (unpaired) electrons. The van der Waals surface area contributed by atoms with Gasteiger partial charge in [0.05, 0.1) is 10.0 Å². The third kappa shape index (κ3) is 5.89. The molecule has 2 amide bonds. The van der Waals surface area contributed by atoms with Crippen molar-refractivity contribution in [1.82, 2.24) is 9.80 Å². The maximum atomic E-state index is 13.1. The molecule has 2 aliphatic rings. The van der Waals surface area contributed by atoms with Crippen LogP contribution in [0.2, 0.25) is 10.0 Å². The van der Waals surface area contributed by atoms with Gasteiger partial charge in [0.1, 0.15) is 0 Å². The van der Waals surface area contributed by atoms with Crippen LogP contribution in [0.4, 0.5) is 0 Å². The van der Waals surface area contributed by atoms with Crippen LogP contribution in [0.5, 0.6) is 0 Å². The van der Waals surface area contributed by atoms with Crippen LogP contribution in [0.15, 0.2) is 54.6 Å². The second-order valence-electron chi connectivity index (χ2n) is 8.94. The lowest BCUT2D eigenvalue weighted by Crippen LogP contribution is -2.47. The standard InChI is InChI=1S/C27H28Cl2N2O3/c28-23-8-7-22(18-24(23)29)26(33)20-10-16-31(17-11-20)27(34)21-12-14-30(15-13-21)25(32)9-6-19-4-2-1-3-5-19/h1-9,18,20-21H,10-17H2. The molecule has 0 N–H and O–H groups in total. The van der Waals surface area contributed by atoms with Crippen LogP contribution in [0.1, 0.15) is 41.6 Å². The van der Waals surface area contributed by atoms with Crippen molar-refractivity contribution < 1.29 is 14.4 Å². The number of halogens is 2. The van der Waals surface area contributed by atoms with E-state index in [0.29, 0.717) is 67.5 Å². The number of hydrogen-bond donors (Lipinski definition) is 0. The SMILES string of the molecule is O=C(c1ccc(Cl)c(Cl)c1)C1CCN(C(=O)C2CCN(C(=O)C=Cc3ccccc3)CC2)CC1. The smallest absolute Gasteiger partial charge is 0.246 e. The quantitative estimate of drug-likeness (QED) is 0.411. The Labute approximate surface area is 210 Å². The molecule has 4 rings (SSSR count). The molecular formula is C27H28Cl2N2O3. The van der Waals surface area contributed by atoms with E-state index >= 15 is 0 Å². The summed E-state index contributed by atoms with van der Waals surface area (Å²) in [6.07, 6.45) is 6.06. The fourth-order valence-corrected chi connectivity index (χ4v) is 4.99. The average Bonchev–Trinajstić information content (AvgIpc) is 2.89. The molecule has 0 atom stereocenters. The largest absolute Gasteiger partial charge is 0.342 e. The van der Waals surface area contributed by atoms with Gasteiger partial charge in [-0.2, -0.15) is 0 Å². The van der Waals surface area contributed by atoms with Gasteiger partial charge in [-0.15, -0.1) is 0 Å². The molecule has 2 aromatic carbocycles. The van der Waals surface area contributed by atoms with Gasteiger partial charge in [0.2, 0.25) is 11.8 Å². The zero-order chi connectivity index (χ0) is 24.1. The fraction of sp³-hybridized carbons (Fsp3) is 0.370. The Kier molecular flexibility index (Phi) is 8.07. The minimum absolute atomic E-state index is 0.0172. The summed E-state index contributed by atoms with van der Waals surface area (Å²) < 4.78 is 0. The van der Waals surface area contributed by atoms with Crippen molar-refractivity contribution >= 4 is 46.9 Å². The maximum Gasteiger partial charge on any atom is 0.246 e. The summed E-state index contributed by atoms with van der Waals surface area (Å²) >= 11 is 12.0. The summed E-state index contributed by atoms with van der Waals surface area (Å²) in [5, 5.41) is 0.805. The Morgan fingerprint density at radius 3 is 2.03 bits per heavy atom. The normalized spacial score (nSPS) is 17.8. The minimum Gasteiger partial charge on any atom is -0.342 e. The van der Waals surface area contributed by atoms with E-state index in [1.165, 1.54) is 0 Å². The number of amides is 2. The summed E-state index contributed by atoms with van der Waals surface area (Å²) in [7, 11) is 0. The van der Waals surface area contributed by atoms with Gasteiger partial charge in [0.25, 0.3) is 0 Å². The second-order valence-corrected chi connectivity index (χ2v) is 9.75. The number of nitrogens with zero attached hydrogens (tertiary/aromatic N) is 2. The van der Waals surface area contributed by atoms with E-state index in [4.69, 9.17) is 23.2 Å². The Morgan fingerprint density at radius 1 is 0.765 bits per heavy atom. The summed E-state index contributed by atoms with van der Waals surface area (Å²) in [5.74, 6) is 0.00595. The highest BCUT2D eigenvalue weighted by atomic mass is 35.5. The topological polar surface area (TPSA) is 57.7 Å².